The van der Waals surface area contributed by atoms with Crippen LogP contribution in [0.15, 0.2) is 28.3 Å². The number of rotatable bonds is 2. The molecule has 13 heavy (non-hydrogen) atoms. The number of nitrogens with one attached hydrogen (secondary N) is 1. The molecule has 66 valence electrons. The maximum atomic E-state index is 11.2. The molecule has 1 heterocycles. The Bertz CT molecular complexity index is 414. The van der Waals surface area contributed by atoms with Gasteiger partial charge in [-0.25, -0.2) is 0 Å². The summed E-state index contributed by atoms with van der Waals surface area (Å²) >= 11 is 0. The third kappa shape index (κ3) is 1.93. The third-order valence-corrected chi connectivity index (χ3v) is 1.36. The molecule has 0 aromatic carbocycles. The molecular formula is C8H7N3O2. The zero-order chi connectivity index (χ0) is 9.68. The van der Waals surface area contributed by atoms with Crippen molar-refractivity contribution in [2.75, 3.05) is 7.11 Å². The second-order valence-corrected chi connectivity index (χ2v) is 2.15. The summed E-state index contributed by atoms with van der Waals surface area (Å²) in [6.45, 7) is 0. The first-order valence-corrected chi connectivity index (χ1v) is 3.49. The third-order valence-electron chi connectivity index (χ3n) is 1.36. The Balaban J connectivity index is 3.23. The maximum absolute atomic E-state index is 11.2. The topological polar surface area (TPSA) is 78.2 Å². The Morgan fingerprint density at radius 3 is 3.08 bits per heavy atom. The summed E-state index contributed by atoms with van der Waals surface area (Å²) in [5.74, 6) is 0. The van der Waals surface area contributed by atoms with Crippen molar-refractivity contribution in [3.05, 3.63) is 34.2 Å². The number of nitrogens with zero attached hydrogens (tertiary/aromatic N) is 2. The van der Waals surface area contributed by atoms with E-state index in [0.29, 0.717) is 0 Å². The normalized spacial score (nSPS) is 10.6. The van der Waals surface area contributed by atoms with Crippen LogP contribution in [-0.2, 0) is 4.84 Å². The van der Waals surface area contributed by atoms with Crippen LogP contribution >= 0.6 is 0 Å². The highest BCUT2D eigenvalue weighted by molar-refractivity contribution is 6.10. The van der Waals surface area contributed by atoms with Gasteiger partial charge < -0.3 is 9.82 Å². The van der Waals surface area contributed by atoms with Gasteiger partial charge in [-0.15, -0.1) is 0 Å². The van der Waals surface area contributed by atoms with Crippen molar-refractivity contribution in [2.45, 2.75) is 0 Å². The molecule has 0 saturated carbocycles. The lowest BCUT2D eigenvalue weighted by atomic mass is 10.2. The molecule has 1 N–H and O–H groups in total. The number of H-pyrrole nitrogens is 1. The molecule has 1 aromatic heterocycles. The van der Waals surface area contributed by atoms with Crippen molar-refractivity contribution in [2.24, 2.45) is 5.16 Å². The molecule has 0 atom stereocenters. The van der Waals surface area contributed by atoms with Crippen molar-refractivity contribution in [1.29, 1.82) is 5.26 Å². The Kier molecular flexibility index (Phi) is 2.82. The second kappa shape index (κ2) is 4.07. The lowest BCUT2D eigenvalue weighted by molar-refractivity contribution is 0.214. The van der Waals surface area contributed by atoms with E-state index in [1.54, 1.807) is 12.1 Å². The van der Waals surface area contributed by atoms with Gasteiger partial charge in [-0.2, -0.15) is 5.26 Å². The summed E-state index contributed by atoms with van der Waals surface area (Å²) < 4.78 is 0. The van der Waals surface area contributed by atoms with Crippen molar-refractivity contribution < 1.29 is 4.84 Å². The van der Waals surface area contributed by atoms with Crippen LogP contribution in [0.5, 0.6) is 0 Å². The van der Waals surface area contributed by atoms with Crippen LogP contribution in [0, 0.1) is 11.3 Å². The predicted molar refractivity (Wildman–Crippen MR) is 46.2 cm³/mol. The van der Waals surface area contributed by atoms with E-state index in [9.17, 15) is 4.79 Å². The molecule has 0 aliphatic rings. The zero-order valence-electron chi connectivity index (χ0n) is 6.94. The smallest absolute Gasteiger partial charge is 0.258 e. The summed E-state index contributed by atoms with van der Waals surface area (Å²) in [6, 6.07) is 4.88. The summed E-state index contributed by atoms with van der Waals surface area (Å²) in [6.07, 6.45) is 1.48. The average Bonchev–Trinajstić information content (AvgIpc) is 2.16. The number of nitriles is 1. The molecule has 0 bridgehead atoms. The zero-order valence-corrected chi connectivity index (χ0v) is 6.94. The van der Waals surface area contributed by atoms with E-state index in [0.717, 1.165) is 0 Å². The van der Waals surface area contributed by atoms with E-state index < -0.39 is 0 Å². The minimum absolute atomic E-state index is 0.0376. The number of pyridine rings is 1. The van der Waals surface area contributed by atoms with Crippen molar-refractivity contribution in [3.63, 3.8) is 0 Å². The van der Waals surface area contributed by atoms with Crippen LogP contribution in [0.2, 0.25) is 0 Å². The first kappa shape index (κ1) is 9.00. The molecule has 0 spiro atoms. The van der Waals surface area contributed by atoms with Gasteiger partial charge in [0.15, 0.2) is 5.71 Å². The molecule has 0 amide bonds. The van der Waals surface area contributed by atoms with Crippen LogP contribution in [0.4, 0.5) is 0 Å². The van der Waals surface area contributed by atoms with Crippen LogP contribution in [0.1, 0.15) is 5.56 Å². The maximum Gasteiger partial charge on any atom is 0.258 e. The van der Waals surface area contributed by atoms with E-state index in [4.69, 9.17) is 5.26 Å². The Hall–Kier alpha value is -2.09. The molecule has 0 fully saturated rings. The van der Waals surface area contributed by atoms with Gasteiger partial charge in [0, 0.05) is 6.20 Å². The Morgan fingerprint density at radius 2 is 2.54 bits per heavy atom. The van der Waals surface area contributed by atoms with Crippen molar-refractivity contribution in [3.8, 4) is 6.07 Å². The van der Waals surface area contributed by atoms with Gasteiger partial charge in [-0.1, -0.05) is 5.16 Å². The number of aromatic nitrogens is 1. The van der Waals surface area contributed by atoms with Gasteiger partial charge in [-0.05, 0) is 12.1 Å². The molecule has 0 aliphatic carbocycles. The predicted octanol–water partition coefficient (Wildman–Crippen LogP) is 0.249. The lowest BCUT2D eigenvalue weighted by Crippen LogP contribution is -2.16. The fourth-order valence-corrected chi connectivity index (χ4v) is 0.829. The first-order valence-electron chi connectivity index (χ1n) is 3.49. The van der Waals surface area contributed by atoms with Gasteiger partial charge >= 0.3 is 0 Å². The summed E-state index contributed by atoms with van der Waals surface area (Å²) in [4.78, 5) is 18.0. The molecule has 0 aliphatic heterocycles. The molecule has 5 nitrogen and oxygen atoms in total. The Morgan fingerprint density at radius 1 is 1.77 bits per heavy atom. The fraction of sp³-hybridized carbons (Fsp3) is 0.125. The van der Waals surface area contributed by atoms with Crippen molar-refractivity contribution in [1.82, 2.24) is 4.98 Å². The van der Waals surface area contributed by atoms with Crippen LogP contribution in [-0.4, -0.2) is 17.8 Å². The molecular weight excluding hydrogens is 170 g/mol. The molecule has 1 aromatic rings. The molecule has 0 radical (unpaired) electrons. The quantitative estimate of drug-likeness (QED) is 0.519. The highest BCUT2D eigenvalue weighted by Gasteiger charge is 2.06. The van der Waals surface area contributed by atoms with E-state index in [2.05, 4.69) is 15.0 Å². The molecule has 5 heteroatoms. The lowest BCUT2D eigenvalue weighted by Gasteiger charge is -1.94. The minimum Gasteiger partial charge on any atom is -0.398 e. The molecule has 0 unspecified atom stereocenters. The molecule has 0 saturated heterocycles. The van der Waals surface area contributed by atoms with E-state index in [1.807, 2.05) is 0 Å². The highest BCUT2D eigenvalue weighted by Crippen LogP contribution is 1.92. The van der Waals surface area contributed by atoms with E-state index >= 15 is 0 Å². The number of aromatic amines is 1. The highest BCUT2D eigenvalue weighted by atomic mass is 16.6. The van der Waals surface area contributed by atoms with Crippen molar-refractivity contribution >= 4 is 5.71 Å². The van der Waals surface area contributed by atoms with Gasteiger partial charge in [-0.3, -0.25) is 4.79 Å². The van der Waals surface area contributed by atoms with Crippen LogP contribution < -0.4 is 5.56 Å². The minimum atomic E-state index is -0.361. The monoisotopic (exact) mass is 177 g/mol. The number of hydrogen-bond donors (Lipinski definition) is 1. The van der Waals surface area contributed by atoms with E-state index in [1.165, 1.54) is 19.4 Å². The SMILES string of the molecule is CON=C(C#N)c1ccc[nH]c1=O. The van der Waals surface area contributed by atoms with Crippen LogP contribution in [0.3, 0.4) is 0 Å². The number of oxime groups is 1. The summed E-state index contributed by atoms with van der Waals surface area (Å²) in [5, 5.41) is 12.0. The van der Waals surface area contributed by atoms with E-state index in [-0.39, 0.29) is 16.8 Å². The molecule has 1 rings (SSSR count). The van der Waals surface area contributed by atoms with Gasteiger partial charge in [0.05, 0.1) is 5.56 Å². The summed E-state index contributed by atoms with van der Waals surface area (Å²) in [7, 11) is 1.31. The largest absolute Gasteiger partial charge is 0.398 e. The van der Waals surface area contributed by atoms with Gasteiger partial charge in [0.25, 0.3) is 5.56 Å². The van der Waals surface area contributed by atoms with Gasteiger partial charge in [0.2, 0.25) is 0 Å². The van der Waals surface area contributed by atoms with Crippen LogP contribution in [0.25, 0.3) is 0 Å². The first-order chi connectivity index (χ1) is 6.29. The number of hydrogen-bond acceptors (Lipinski definition) is 4. The standard InChI is InChI=1S/C8H7N3O2/c1-13-11-7(5-9)6-3-2-4-10-8(6)12/h2-4H,1H3,(H,10,12). The average molecular weight is 177 g/mol. The Labute approximate surface area is 74.3 Å². The summed E-state index contributed by atoms with van der Waals surface area (Å²) in [5.41, 5.74) is -0.198. The second-order valence-electron chi connectivity index (χ2n) is 2.15. The van der Waals surface area contributed by atoms with Gasteiger partial charge in [0.1, 0.15) is 13.2 Å². The fourth-order valence-electron chi connectivity index (χ4n) is 0.829.